The lowest BCUT2D eigenvalue weighted by molar-refractivity contribution is 0.587. The molecule has 0 amide bonds. The van der Waals surface area contributed by atoms with Crippen molar-refractivity contribution in [2.24, 2.45) is 0 Å². The Bertz CT molecular complexity index is 326. The van der Waals surface area contributed by atoms with Crippen LogP contribution >= 0.6 is 0 Å². The summed E-state index contributed by atoms with van der Waals surface area (Å²) in [6, 6.07) is 8.54. The summed E-state index contributed by atoms with van der Waals surface area (Å²) in [7, 11) is 0. The molecule has 1 aromatic rings. The van der Waals surface area contributed by atoms with Crippen LogP contribution in [0, 0.1) is 17.1 Å². The van der Waals surface area contributed by atoms with Crippen LogP contribution in [0.4, 0.5) is 4.39 Å². The standard InChI is InChI=1S/C12H15FN2/c1-2-12(9-14)15-8-7-10-3-5-11(13)6-4-10/h3-6,12,15H,2,7-8H2,1H3. The van der Waals surface area contributed by atoms with Gasteiger partial charge in [0.25, 0.3) is 0 Å². The average Bonchev–Trinajstić information content (AvgIpc) is 2.27. The van der Waals surface area contributed by atoms with Crippen LogP contribution in [0.5, 0.6) is 0 Å². The van der Waals surface area contributed by atoms with E-state index in [-0.39, 0.29) is 11.9 Å². The fourth-order valence-corrected chi connectivity index (χ4v) is 1.32. The third-order valence-corrected chi connectivity index (χ3v) is 2.28. The number of halogens is 1. The molecule has 0 spiro atoms. The molecule has 1 atom stereocenters. The van der Waals surface area contributed by atoms with Crippen molar-refractivity contribution in [1.29, 1.82) is 5.26 Å². The van der Waals surface area contributed by atoms with E-state index in [0.29, 0.717) is 0 Å². The van der Waals surface area contributed by atoms with Crippen LogP contribution < -0.4 is 5.32 Å². The predicted molar refractivity (Wildman–Crippen MR) is 57.8 cm³/mol. The highest BCUT2D eigenvalue weighted by atomic mass is 19.1. The fourth-order valence-electron chi connectivity index (χ4n) is 1.32. The number of rotatable bonds is 5. The summed E-state index contributed by atoms with van der Waals surface area (Å²) in [5.41, 5.74) is 1.08. The molecular formula is C12H15FN2. The van der Waals surface area contributed by atoms with E-state index < -0.39 is 0 Å². The monoisotopic (exact) mass is 206 g/mol. The molecule has 80 valence electrons. The molecule has 1 N–H and O–H groups in total. The molecule has 15 heavy (non-hydrogen) atoms. The van der Waals surface area contributed by atoms with Crippen molar-refractivity contribution in [2.75, 3.05) is 6.54 Å². The second-order valence-corrected chi connectivity index (χ2v) is 3.42. The number of nitrogens with zero attached hydrogens (tertiary/aromatic N) is 1. The molecule has 1 aromatic carbocycles. The molecule has 1 unspecified atom stereocenters. The van der Waals surface area contributed by atoms with Crippen molar-refractivity contribution in [3.63, 3.8) is 0 Å². The zero-order valence-electron chi connectivity index (χ0n) is 8.83. The van der Waals surface area contributed by atoms with Crippen molar-refractivity contribution in [3.8, 4) is 6.07 Å². The Balaban J connectivity index is 2.32. The van der Waals surface area contributed by atoms with Gasteiger partial charge < -0.3 is 5.32 Å². The van der Waals surface area contributed by atoms with Crippen molar-refractivity contribution in [2.45, 2.75) is 25.8 Å². The number of hydrogen-bond acceptors (Lipinski definition) is 2. The van der Waals surface area contributed by atoms with E-state index in [0.717, 1.165) is 24.9 Å². The van der Waals surface area contributed by atoms with E-state index in [1.807, 2.05) is 6.92 Å². The van der Waals surface area contributed by atoms with Gasteiger partial charge in [0.2, 0.25) is 0 Å². The maximum atomic E-state index is 12.6. The summed E-state index contributed by atoms with van der Waals surface area (Å²) in [6.45, 7) is 2.72. The normalized spacial score (nSPS) is 12.1. The molecule has 0 saturated heterocycles. The largest absolute Gasteiger partial charge is 0.302 e. The van der Waals surface area contributed by atoms with Crippen molar-refractivity contribution in [3.05, 3.63) is 35.6 Å². The summed E-state index contributed by atoms with van der Waals surface area (Å²) in [4.78, 5) is 0. The SMILES string of the molecule is CCC(C#N)NCCc1ccc(F)cc1. The van der Waals surface area contributed by atoms with Gasteiger partial charge in [0.05, 0.1) is 12.1 Å². The highest BCUT2D eigenvalue weighted by Crippen LogP contribution is 2.03. The van der Waals surface area contributed by atoms with E-state index in [4.69, 9.17) is 5.26 Å². The average molecular weight is 206 g/mol. The predicted octanol–water partition coefficient (Wildman–Crippen LogP) is 2.26. The van der Waals surface area contributed by atoms with Gasteiger partial charge in [-0.2, -0.15) is 5.26 Å². The Morgan fingerprint density at radius 3 is 2.60 bits per heavy atom. The van der Waals surface area contributed by atoms with Crippen LogP contribution in [0.15, 0.2) is 24.3 Å². The zero-order valence-corrected chi connectivity index (χ0v) is 8.83. The van der Waals surface area contributed by atoms with Crippen LogP contribution in [0.3, 0.4) is 0 Å². The first-order chi connectivity index (χ1) is 7.26. The molecule has 0 aliphatic carbocycles. The number of nitrogens with one attached hydrogen (secondary N) is 1. The molecule has 0 heterocycles. The maximum absolute atomic E-state index is 12.6. The van der Waals surface area contributed by atoms with E-state index in [1.165, 1.54) is 12.1 Å². The van der Waals surface area contributed by atoms with Gasteiger partial charge in [-0.1, -0.05) is 19.1 Å². The Kier molecular flexibility index (Phi) is 4.79. The Hall–Kier alpha value is -1.40. The van der Waals surface area contributed by atoms with E-state index in [9.17, 15) is 4.39 Å². The number of benzene rings is 1. The van der Waals surface area contributed by atoms with Gasteiger partial charge in [0.1, 0.15) is 5.82 Å². The maximum Gasteiger partial charge on any atom is 0.123 e. The highest BCUT2D eigenvalue weighted by Gasteiger charge is 2.01. The van der Waals surface area contributed by atoms with Gasteiger partial charge in [-0.25, -0.2) is 4.39 Å². The second-order valence-electron chi connectivity index (χ2n) is 3.42. The van der Waals surface area contributed by atoms with Crippen LogP contribution in [0.1, 0.15) is 18.9 Å². The van der Waals surface area contributed by atoms with Crippen molar-refractivity contribution >= 4 is 0 Å². The van der Waals surface area contributed by atoms with Crippen LogP contribution in [-0.4, -0.2) is 12.6 Å². The molecule has 0 aliphatic rings. The molecule has 3 heteroatoms. The first-order valence-corrected chi connectivity index (χ1v) is 5.13. The first kappa shape index (κ1) is 11.7. The highest BCUT2D eigenvalue weighted by molar-refractivity contribution is 5.16. The quantitative estimate of drug-likeness (QED) is 0.802. The van der Waals surface area contributed by atoms with Gasteiger partial charge in [-0.05, 0) is 30.5 Å². The molecule has 0 aromatic heterocycles. The third kappa shape index (κ3) is 4.09. The summed E-state index contributed by atoms with van der Waals surface area (Å²) in [5, 5.41) is 11.8. The second kappa shape index (κ2) is 6.15. The summed E-state index contributed by atoms with van der Waals surface area (Å²) in [5.74, 6) is -0.213. The van der Waals surface area contributed by atoms with Crippen molar-refractivity contribution < 1.29 is 4.39 Å². The summed E-state index contributed by atoms with van der Waals surface area (Å²) in [6.07, 6.45) is 1.62. The minimum atomic E-state index is -0.213. The zero-order chi connectivity index (χ0) is 11.1. The van der Waals surface area contributed by atoms with Gasteiger partial charge in [0.15, 0.2) is 0 Å². The fraction of sp³-hybridized carbons (Fsp3) is 0.417. The van der Waals surface area contributed by atoms with E-state index in [2.05, 4.69) is 11.4 Å². The molecule has 0 bridgehead atoms. The molecular weight excluding hydrogens is 191 g/mol. The number of hydrogen-bond donors (Lipinski definition) is 1. The molecule has 1 rings (SSSR count). The summed E-state index contributed by atoms with van der Waals surface area (Å²) < 4.78 is 12.6. The lowest BCUT2D eigenvalue weighted by Gasteiger charge is -2.08. The van der Waals surface area contributed by atoms with Gasteiger partial charge in [-0.3, -0.25) is 0 Å². The van der Waals surface area contributed by atoms with Gasteiger partial charge >= 0.3 is 0 Å². The van der Waals surface area contributed by atoms with Crippen LogP contribution in [0.25, 0.3) is 0 Å². The minimum Gasteiger partial charge on any atom is -0.302 e. The van der Waals surface area contributed by atoms with E-state index >= 15 is 0 Å². The molecule has 0 aliphatic heterocycles. The molecule has 0 fully saturated rings. The van der Waals surface area contributed by atoms with Gasteiger partial charge in [0, 0.05) is 6.54 Å². The third-order valence-electron chi connectivity index (χ3n) is 2.28. The molecule has 0 radical (unpaired) electrons. The Morgan fingerprint density at radius 1 is 1.40 bits per heavy atom. The Morgan fingerprint density at radius 2 is 2.07 bits per heavy atom. The van der Waals surface area contributed by atoms with Crippen LogP contribution in [-0.2, 0) is 6.42 Å². The van der Waals surface area contributed by atoms with Gasteiger partial charge in [-0.15, -0.1) is 0 Å². The molecule has 0 saturated carbocycles. The lowest BCUT2D eigenvalue weighted by Crippen LogP contribution is -2.28. The topological polar surface area (TPSA) is 35.8 Å². The lowest BCUT2D eigenvalue weighted by atomic mass is 10.1. The van der Waals surface area contributed by atoms with Crippen molar-refractivity contribution in [1.82, 2.24) is 5.32 Å². The first-order valence-electron chi connectivity index (χ1n) is 5.13. The smallest absolute Gasteiger partial charge is 0.123 e. The summed E-state index contributed by atoms with van der Waals surface area (Å²) >= 11 is 0. The Labute approximate surface area is 89.7 Å². The minimum absolute atomic E-state index is 0.0783. The number of nitriles is 1. The van der Waals surface area contributed by atoms with E-state index in [1.54, 1.807) is 12.1 Å². The van der Waals surface area contributed by atoms with Crippen LogP contribution in [0.2, 0.25) is 0 Å². The molecule has 2 nitrogen and oxygen atoms in total.